The van der Waals surface area contributed by atoms with Crippen molar-refractivity contribution in [2.24, 2.45) is 5.41 Å². The van der Waals surface area contributed by atoms with E-state index in [1.165, 1.54) is 10.4 Å². The van der Waals surface area contributed by atoms with Gasteiger partial charge >= 0.3 is 0 Å². The van der Waals surface area contributed by atoms with Crippen LogP contribution in [0.4, 0.5) is 0 Å². The van der Waals surface area contributed by atoms with Crippen molar-refractivity contribution in [2.45, 2.75) is 45.6 Å². The lowest BCUT2D eigenvalue weighted by molar-refractivity contribution is -0.118. The molecule has 1 aliphatic heterocycles. The highest BCUT2D eigenvalue weighted by atomic mass is 32.1. The maximum Gasteiger partial charge on any atom is 0.172 e. The molecular formula is C21H22O2S. The number of ether oxygens (including phenoxy) is 1. The first kappa shape index (κ1) is 15.6. The van der Waals surface area contributed by atoms with Crippen molar-refractivity contribution in [1.82, 2.24) is 0 Å². The fourth-order valence-corrected chi connectivity index (χ4v) is 4.75. The van der Waals surface area contributed by atoms with Gasteiger partial charge in [-0.2, -0.15) is 0 Å². The highest BCUT2D eigenvalue weighted by Gasteiger charge is 2.49. The zero-order valence-electron chi connectivity index (χ0n) is 14.4. The number of Topliss-reactive ketones (excluding diaryl/α,β-unsaturated/α-hetero) is 1. The Hall–Kier alpha value is -1.87. The van der Waals surface area contributed by atoms with E-state index in [0.29, 0.717) is 12.8 Å². The average molecular weight is 338 g/mol. The van der Waals surface area contributed by atoms with Gasteiger partial charge in [-0.1, -0.05) is 49.7 Å². The monoisotopic (exact) mass is 338 g/mol. The molecule has 0 amide bonds. The molecule has 24 heavy (non-hydrogen) atoms. The molecule has 0 radical (unpaired) electrons. The minimum Gasteiger partial charge on any atom is -0.481 e. The highest BCUT2D eigenvalue weighted by Crippen LogP contribution is 2.53. The Morgan fingerprint density at radius 1 is 1.04 bits per heavy atom. The van der Waals surface area contributed by atoms with Gasteiger partial charge in [0.25, 0.3) is 0 Å². The van der Waals surface area contributed by atoms with E-state index in [0.717, 1.165) is 23.3 Å². The quantitative estimate of drug-likeness (QED) is 0.736. The van der Waals surface area contributed by atoms with Crippen LogP contribution >= 0.6 is 11.3 Å². The van der Waals surface area contributed by atoms with Crippen LogP contribution in [-0.4, -0.2) is 5.78 Å². The first-order valence-corrected chi connectivity index (χ1v) is 9.33. The van der Waals surface area contributed by atoms with Crippen LogP contribution in [0.3, 0.4) is 0 Å². The van der Waals surface area contributed by atoms with Crippen molar-refractivity contribution < 1.29 is 9.53 Å². The molecule has 4 rings (SSSR count). The molecule has 1 aromatic heterocycles. The number of carbonyl (C=O) groups excluding carboxylic acids is 1. The number of carbonyl (C=O) groups is 1. The van der Waals surface area contributed by atoms with Gasteiger partial charge in [0.2, 0.25) is 0 Å². The van der Waals surface area contributed by atoms with Crippen molar-refractivity contribution in [1.29, 1.82) is 0 Å². The van der Waals surface area contributed by atoms with E-state index in [9.17, 15) is 4.79 Å². The topological polar surface area (TPSA) is 26.3 Å². The third kappa shape index (κ3) is 2.42. The summed E-state index contributed by atoms with van der Waals surface area (Å²) in [6.07, 6.45) is 2.11. The Morgan fingerprint density at radius 2 is 1.79 bits per heavy atom. The number of rotatable bonds is 2. The van der Waals surface area contributed by atoms with Crippen LogP contribution in [-0.2, 0) is 15.1 Å². The van der Waals surface area contributed by atoms with E-state index in [4.69, 9.17) is 4.74 Å². The summed E-state index contributed by atoms with van der Waals surface area (Å²) >= 11 is 1.70. The summed E-state index contributed by atoms with van der Waals surface area (Å²) in [7, 11) is 0. The molecule has 1 unspecified atom stereocenters. The Bertz CT molecular complexity index is 812. The molecule has 1 aliphatic carbocycles. The smallest absolute Gasteiger partial charge is 0.172 e. The summed E-state index contributed by atoms with van der Waals surface area (Å²) in [4.78, 5) is 13.9. The number of ketones is 1. The van der Waals surface area contributed by atoms with Gasteiger partial charge in [0, 0.05) is 30.4 Å². The first-order valence-electron chi connectivity index (χ1n) is 8.45. The number of benzene rings is 1. The fraction of sp³-hybridized carbons (Fsp3) is 0.381. The van der Waals surface area contributed by atoms with E-state index in [-0.39, 0.29) is 11.2 Å². The second-order valence-electron chi connectivity index (χ2n) is 7.79. The van der Waals surface area contributed by atoms with Crippen LogP contribution in [0.15, 0.2) is 53.1 Å². The Labute approximate surface area is 147 Å². The molecule has 2 aliphatic rings. The van der Waals surface area contributed by atoms with Gasteiger partial charge in [-0.3, -0.25) is 4.79 Å². The van der Waals surface area contributed by atoms with Crippen LogP contribution in [0.1, 0.15) is 49.1 Å². The third-order valence-electron chi connectivity index (χ3n) is 5.11. The largest absolute Gasteiger partial charge is 0.481 e. The van der Waals surface area contributed by atoms with Crippen molar-refractivity contribution >= 4 is 17.1 Å². The van der Waals surface area contributed by atoms with Crippen LogP contribution in [0.5, 0.6) is 0 Å². The fourth-order valence-electron chi connectivity index (χ4n) is 3.86. The number of allylic oxidation sites excluding steroid dienone is 1. The zero-order valence-corrected chi connectivity index (χ0v) is 15.2. The molecular weight excluding hydrogens is 316 g/mol. The molecule has 2 heterocycles. The summed E-state index contributed by atoms with van der Waals surface area (Å²) in [5.74, 6) is 1.16. The standard InChI is InChI=1S/C21H22O2S/c1-14-6-8-15(9-7-14)21(19-5-4-10-24-19)11-16-17(22)12-20(2,3)13-18(16)23-21/h4-10H,11-13H2,1-3H3. The molecule has 0 bridgehead atoms. The number of thiophene rings is 1. The maximum atomic E-state index is 12.7. The highest BCUT2D eigenvalue weighted by molar-refractivity contribution is 7.10. The second kappa shape index (κ2) is 5.32. The number of hydrogen-bond acceptors (Lipinski definition) is 3. The molecule has 1 aromatic carbocycles. The van der Waals surface area contributed by atoms with Crippen molar-refractivity contribution in [3.63, 3.8) is 0 Å². The number of hydrogen-bond donors (Lipinski definition) is 0. The molecule has 124 valence electrons. The number of aryl methyl sites for hydroxylation is 1. The lowest BCUT2D eigenvalue weighted by Gasteiger charge is -2.31. The minimum atomic E-state index is -0.539. The van der Waals surface area contributed by atoms with E-state index in [2.05, 4.69) is 62.5 Å². The normalized spacial score (nSPS) is 25.5. The van der Waals surface area contributed by atoms with Gasteiger partial charge in [-0.25, -0.2) is 0 Å². The Morgan fingerprint density at radius 3 is 2.46 bits per heavy atom. The van der Waals surface area contributed by atoms with Crippen LogP contribution < -0.4 is 0 Å². The molecule has 2 nitrogen and oxygen atoms in total. The lowest BCUT2D eigenvalue weighted by atomic mass is 9.75. The van der Waals surface area contributed by atoms with Gasteiger partial charge in [-0.15, -0.1) is 11.3 Å². The van der Waals surface area contributed by atoms with Gasteiger partial charge < -0.3 is 4.74 Å². The first-order chi connectivity index (χ1) is 11.4. The second-order valence-corrected chi connectivity index (χ2v) is 8.74. The lowest BCUT2D eigenvalue weighted by Crippen LogP contribution is -2.26. The van der Waals surface area contributed by atoms with E-state index < -0.39 is 5.60 Å². The predicted octanol–water partition coefficient (Wildman–Crippen LogP) is 5.36. The van der Waals surface area contributed by atoms with Gasteiger partial charge in [0.15, 0.2) is 11.4 Å². The van der Waals surface area contributed by atoms with Gasteiger partial charge in [-0.05, 0) is 23.8 Å². The van der Waals surface area contributed by atoms with Crippen LogP contribution in [0.25, 0.3) is 0 Å². The summed E-state index contributed by atoms with van der Waals surface area (Å²) in [5.41, 5.74) is 2.71. The van der Waals surface area contributed by atoms with Gasteiger partial charge in [0.1, 0.15) is 5.76 Å². The molecule has 1 atom stereocenters. The molecule has 3 heteroatoms. The van der Waals surface area contributed by atoms with E-state index in [1.807, 2.05) is 0 Å². The molecule has 0 spiro atoms. The van der Waals surface area contributed by atoms with Crippen molar-refractivity contribution in [2.75, 3.05) is 0 Å². The maximum absolute atomic E-state index is 12.7. The van der Waals surface area contributed by atoms with Gasteiger partial charge in [0.05, 0.1) is 4.88 Å². The average Bonchev–Trinajstić information content (AvgIpc) is 3.14. The molecule has 0 saturated heterocycles. The molecule has 0 saturated carbocycles. The third-order valence-corrected chi connectivity index (χ3v) is 6.12. The van der Waals surface area contributed by atoms with Crippen LogP contribution in [0.2, 0.25) is 0 Å². The molecule has 0 N–H and O–H groups in total. The van der Waals surface area contributed by atoms with Crippen LogP contribution in [0, 0.1) is 12.3 Å². The SMILES string of the molecule is Cc1ccc(C2(c3cccs3)CC3=C(CC(C)(C)CC3=O)O2)cc1. The summed E-state index contributed by atoms with van der Waals surface area (Å²) in [5, 5.41) is 2.08. The van der Waals surface area contributed by atoms with Crippen molar-refractivity contribution in [3.8, 4) is 0 Å². The predicted molar refractivity (Wildman–Crippen MR) is 97.0 cm³/mol. The molecule has 2 aromatic rings. The summed E-state index contributed by atoms with van der Waals surface area (Å²) < 4.78 is 6.60. The molecule has 0 fully saturated rings. The minimum absolute atomic E-state index is 0.0191. The van der Waals surface area contributed by atoms with E-state index in [1.54, 1.807) is 11.3 Å². The van der Waals surface area contributed by atoms with Crippen molar-refractivity contribution in [3.05, 3.63) is 69.1 Å². The Kier molecular flexibility index (Phi) is 3.47. The summed E-state index contributed by atoms with van der Waals surface area (Å²) in [6.45, 7) is 6.39. The zero-order chi connectivity index (χ0) is 16.9. The summed E-state index contributed by atoms with van der Waals surface area (Å²) in [6, 6.07) is 12.7. The van der Waals surface area contributed by atoms with E-state index >= 15 is 0 Å². The Balaban J connectivity index is 1.81.